The van der Waals surface area contributed by atoms with Crippen molar-refractivity contribution in [2.45, 2.75) is 20.3 Å². The molecule has 0 amide bonds. The Morgan fingerprint density at radius 3 is 2.96 bits per heavy atom. The van der Waals surface area contributed by atoms with Crippen molar-refractivity contribution in [3.05, 3.63) is 11.8 Å². The number of aromatic amines is 1. The molecule has 0 aliphatic carbocycles. The van der Waals surface area contributed by atoms with Gasteiger partial charge in [0, 0.05) is 38.5 Å². The molecule has 126 valence electrons. The maximum absolute atomic E-state index is 5.41. The zero-order chi connectivity index (χ0) is 16.1. The third-order valence-corrected chi connectivity index (χ3v) is 3.87. The first-order chi connectivity index (χ1) is 11.3. The minimum atomic E-state index is 0.724. The third kappa shape index (κ3) is 3.92. The number of fused-ring (bicyclic) bond motifs is 1. The quantitative estimate of drug-likeness (QED) is 0.760. The molecule has 2 aromatic rings. The lowest BCUT2D eigenvalue weighted by atomic mass is 10.3. The molecule has 1 aliphatic heterocycles. The molecule has 1 saturated heterocycles. The fraction of sp³-hybridized carbons (Fsp3) is 0.625. The van der Waals surface area contributed by atoms with Gasteiger partial charge < -0.3 is 24.7 Å². The van der Waals surface area contributed by atoms with Gasteiger partial charge in [0.15, 0.2) is 0 Å². The number of morpholine rings is 1. The molecular formula is C16H25N5O2. The standard InChI is InChI=1S/C16H25N5O2/c1-3-22-8-4-5-17-14-13-11-12(2)18-15(13)20-16(19-14)21-6-9-23-10-7-21/h11H,3-10H2,1-2H3,(H2,17,18,19,20). The van der Waals surface area contributed by atoms with E-state index in [-0.39, 0.29) is 0 Å². The van der Waals surface area contributed by atoms with Gasteiger partial charge in [-0.1, -0.05) is 0 Å². The van der Waals surface area contributed by atoms with Gasteiger partial charge in [-0.2, -0.15) is 9.97 Å². The maximum Gasteiger partial charge on any atom is 0.229 e. The average molecular weight is 319 g/mol. The zero-order valence-electron chi connectivity index (χ0n) is 13.9. The lowest BCUT2D eigenvalue weighted by molar-refractivity contribution is 0.122. The Bertz CT molecular complexity index is 637. The summed E-state index contributed by atoms with van der Waals surface area (Å²) in [6, 6.07) is 2.09. The number of ether oxygens (including phenoxy) is 2. The van der Waals surface area contributed by atoms with Gasteiger partial charge in [-0.15, -0.1) is 0 Å². The van der Waals surface area contributed by atoms with Gasteiger partial charge in [0.25, 0.3) is 0 Å². The number of aromatic nitrogens is 3. The number of aryl methyl sites for hydroxylation is 1. The van der Waals surface area contributed by atoms with Crippen molar-refractivity contribution in [1.82, 2.24) is 15.0 Å². The fourth-order valence-electron chi connectivity index (χ4n) is 2.69. The van der Waals surface area contributed by atoms with Crippen LogP contribution in [0.25, 0.3) is 11.0 Å². The van der Waals surface area contributed by atoms with Crippen LogP contribution in [0.3, 0.4) is 0 Å². The summed E-state index contributed by atoms with van der Waals surface area (Å²) in [6.45, 7) is 9.51. The molecule has 0 radical (unpaired) electrons. The molecule has 0 unspecified atom stereocenters. The van der Waals surface area contributed by atoms with Gasteiger partial charge in [0.2, 0.25) is 5.95 Å². The molecule has 1 fully saturated rings. The number of hydrogen-bond acceptors (Lipinski definition) is 6. The lowest BCUT2D eigenvalue weighted by Crippen LogP contribution is -2.37. The number of anilines is 2. The summed E-state index contributed by atoms with van der Waals surface area (Å²) in [7, 11) is 0. The van der Waals surface area contributed by atoms with Crippen LogP contribution in [0.5, 0.6) is 0 Å². The Labute approximate surface area is 136 Å². The summed E-state index contributed by atoms with van der Waals surface area (Å²) in [5.74, 6) is 1.65. The van der Waals surface area contributed by atoms with E-state index in [4.69, 9.17) is 14.5 Å². The van der Waals surface area contributed by atoms with Crippen LogP contribution in [0.1, 0.15) is 19.0 Å². The summed E-state index contributed by atoms with van der Waals surface area (Å²) in [6.07, 6.45) is 0.954. The van der Waals surface area contributed by atoms with Crippen LogP contribution in [0, 0.1) is 6.92 Å². The number of H-pyrrole nitrogens is 1. The summed E-state index contributed by atoms with van der Waals surface area (Å²) in [4.78, 5) is 14.9. The van der Waals surface area contributed by atoms with Crippen LogP contribution >= 0.6 is 0 Å². The van der Waals surface area contributed by atoms with Gasteiger partial charge in [0.1, 0.15) is 11.5 Å². The van der Waals surface area contributed by atoms with Crippen molar-refractivity contribution >= 4 is 22.8 Å². The molecule has 23 heavy (non-hydrogen) atoms. The molecule has 3 rings (SSSR count). The molecule has 3 heterocycles. The van der Waals surface area contributed by atoms with E-state index in [9.17, 15) is 0 Å². The van der Waals surface area contributed by atoms with E-state index in [0.29, 0.717) is 0 Å². The van der Waals surface area contributed by atoms with E-state index in [1.807, 2.05) is 13.8 Å². The van der Waals surface area contributed by atoms with Crippen LogP contribution in [0.2, 0.25) is 0 Å². The molecule has 2 N–H and O–H groups in total. The Morgan fingerprint density at radius 1 is 1.35 bits per heavy atom. The topological polar surface area (TPSA) is 75.3 Å². The van der Waals surface area contributed by atoms with Gasteiger partial charge in [-0.25, -0.2) is 0 Å². The minimum Gasteiger partial charge on any atom is -0.382 e. The van der Waals surface area contributed by atoms with Crippen molar-refractivity contribution < 1.29 is 9.47 Å². The first-order valence-corrected chi connectivity index (χ1v) is 8.29. The highest BCUT2D eigenvalue weighted by atomic mass is 16.5. The molecule has 1 aliphatic rings. The van der Waals surface area contributed by atoms with Gasteiger partial charge >= 0.3 is 0 Å². The van der Waals surface area contributed by atoms with E-state index < -0.39 is 0 Å². The minimum absolute atomic E-state index is 0.724. The average Bonchev–Trinajstić information content (AvgIpc) is 2.95. The van der Waals surface area contributed by atoms with Crippen molar-refractivity contribution in [1.29, 1.82) is 0 Å². The largest absolute Gasteiger partial charge is 0.382 e. The molecule has 0 saturated carbocycles. The highest BCUT2D eigenvalue weighted by molar-refractivity contribution is 5.89. The second-order valence-electron chi connectivity index (χ2n) is 5.66. The second kappa shape index (κ2) is 7.61. The van der Waals surface area contributed by atoms with E-state index >= 15 is 0 Å². The van der Waals surface area contributed by atoms with Crippen LogP contribution < -0.4 is 10.2 Å². The molecule has 0 spiro atoms. The SMILES string of the molecule is CCOCCCNc1nc(N2CCOCC2)nc2[nH]c(C)cc12. The Morgan fingerprint density at radius 2 is 2.17 bits per heavy atom. The van der Waals surface area contributed by atoms with E-state index in [2.05, 4.69) is 26.3 Å². The Kier molecular flexibility index (Phi) is 5.30. The first kappa shape index (κ1) is 16.0. The van der Waals surface area contributed by atoms with Crippen molar-refractivity contribution in [3.63, 3.8) is 0 Å². The molecule has 2 aromatic heterocycles. The van der Waals surface area contributed by atoms with Crippen molar-refractivity contribution in [2.75, 3.05) is 56.3 Å². The Hall–Kier alpha value is -1.86. The molecule has 7 nitrogen and oxygen atoms in total. The van der Waals surface area contributed by atoms with Crippen molar-refractivity contribution in [2.24, 2.45) is 0 Å². The molecule has 0 bridgehead atoms. The van der Waals surface area contributed by atoms with Crippen LogP contribution in [-0.2, 0) is 9.47 Å². The normalized spacial score (nSPS) is 15.3. The second-order valence-corrected chi connectivity index (χ2v) is 5.66. The molecular weight excluding hydrogens is 294 g/mol. The van der Waals surface area contributed by atoms with Gasteiger partial charge in [0.05, 0.1) is 18.6 Å². The monoisotopic (exact) mass is 319 g/mol. The van der Waals surface area contributed by atoms with E-state index in [1.165, 1.54) is 0 Å². The molecule has 0 atom stereocenters. The van der Waals surface area contributed by atoms with Crippen LogP contribution in [0.15, 0.2) is 6.07 Å². The third-order valence-electron chi connectivity index (χ3n) is 3.87. The number of hydrogen-bond donors (Lipinski definition) is 2. The summed E-state index contributed by atoms with van der Waals surface area (Å²) < 4.78 is 10.8. The fourth-order valence-corrected chi connectivity index (χ4v) is 2.69. The van der Waals surface area contributed by atoms with Crippen LogP contribution in [0.4, 0.5) is 11.8 Å². The summed E-state index contributed by atoms with van der Waals surface area (Å²) in [5, 5.41) is 4.47. The predicted molar refractivity (Wildman–Crippen MR) is 91.3 cm³/mol. The predicted octanol–water partition coefficient (Wildman–Crippen LogP) is 1.94. The van der Waals surface area contributed by atoms with E-state index in [1.54, 1.807) is 0 Å². The molecule has 7 heteroatoms. The smallest absolute Gasteiger partial charge is 0.229 e. The summed E-state index contributed by atoms with van der Waals surface area (Å²) in [5.41, 5.74) is 1.97. The number of rotatable bonds is 7. The summed E-state index contributed by atoms with van der Waals surface area (Å²) >= 11 is 0. The van der Waals surface area contributed by atoms with Gasteiger partial charge in [-0.3, -0.25) is 0 Å². The van der Waals surface area contributed by atoms with Crippen LogP contribution in [-0.4, -0.2) is 61.0 Å². The zero-order valence-corrected chi connectivity index (χ0v) is 13.9. The number of nitrogens with one attached hydrogen (secondary N) is 2. The highest BCUT2D eigenvalue weighted by Crippen LogP contribution is 2.24. The Balaban J connectivity index is 1.79. The maximum atomic E-state index is 5.41. The highest BCUT2D eigenvalue weighted by Gasteiger charge is 2.17. The van der Waals surface area contributed by atoms with Gasteiger partial charge in [-0.05, 0) is 26.3 Å². The lowest BCUT2D eigenvalue weighted by Gasteiger charge is -2.27. The first-order valence-electron chi connectivity index (χ1n) is 8.29. The molecule has 0 aromatic carbocycles. The van der Waals surface area contributed by atoms with Crippen molar-refractivity contribution in [3.8, 4) is 0 Å². The number of nitrogens with zero attached hydrogens (tertiary/aromatic N) is 3. The van der Waals surface area contributed by atoms with E-state index in [0.717, 1.165) is 81.0 Å².